The van der Waals surface area contributed by atoms with Crippen LogP contribution < -0.4 is 5.84 Å². The normalized spacial score (nSPS) is 25.3. The minimum absolute atomic E-state index is 0.0702. The molecule has 2 aromatic rings. The Balaban J connectivity index is 1.12. The topological polar surface area (TPSA) is 135 Å². The first-order valence-corrected chi connectivity index (χ1v) is 13.1. The van der Waals surface area contributed by atoms with Crippen LogP contribution >= 0.6 is 0 Å². The fourth-order valence-electron chi connectivity index (χ4n) is 6.24. The molecule has 11 nitrogen and oxygen atoms in total. The van der Waals surface area contributed by atoms with Crippen LogP contribution in [0.25, 0.3) is 0 Å². The lowest BCUT2D eigenvalue weighted by molar-refractivity contribution is -0.135. The molecule has 2 saturated heterocycles. The maximum Gasteiger partial charge on any atom is 0.338 e. The van der Waals surface area contributed by atoms with Crippen molar-refractivity contribution in [1.82, 2.24) is 14.8 Å². The molecule has 0 saturated carbocycles. The van der Waals surface area contributed by atoms with E-state index in [2.05, 4.69) is 25.2 Å². The zero-order valence-corrected chi connectivity index (χ0v) is 21.4. The molecule has 4 aliphatic rings. The molecule has 1 aromatic carbocycles. The first kappa shape index (κ1) is 24.6. The average molecular weight is 518 g/mol. The Morgan fingerprint density at radius 3 is 2.89 bits per heavy atom. The summed E-state index contributed by atoms with van der Waals surface area (Å²) in [4.78, 5) is 38.8. The molecule has 1 aromatic heterocycles. The van der Waals surface area contributed by atoms with E-state index >= 15 is 0 Å². The van der Waals surface area contributed by atoms with Crippen molar-refractivity contribution in [3.05, 3.63) is 57.8 Å². The summed E-state index contributed by atoms with van der Waals surface area (Å²) in [5.41, 5.74) is 5.75. The van der Waals surface area contributed by atoms with E-state index in [9.17, 15) is 9.59 Å². The van der Waals surface area contributed by atoms with Crippen molar-refractivity contribution in [3.63, 3.8) is 0 Å². The fraction of sp³-hybridized carbons (Fsp3) is 0.481. The number of aromatic nitrogens is 1. The van der Waals surface area contributed by atoms with Crippen molar-refractivity contribution in [3.8, 4) is 0 Å². The van der Waals surface area contributed by atoms with Gasteiger partial charge in [-0.3, -0.25) is 9.69 Å². The van der Waals surface area contributed by atoms with E-state index in [1.807, 2.05) is 30.0 Å². The predicted octanol–water partition coefficient (Wildman–Crippen LogP) is 2.75. The summed E-state index contributed by atoms with van der Waals surface area (Å²) >= 11 is 0. The van der Waals surface area contributed by atoms with Gasteiger partial charge in [-0.05, 0) is 55.0 Å². The Bertz CT molecular complexity index is 1330. The van der Waals surface area contributed by atoms with Crippen LogP contribution in [0.4, 0.5) is 5.82 Å². The number of aryl methyl sites for hydroxylation is 1. The van der Waals surface area contributed by atoms with E-state index in [0.717, 1.165) is 60.3 Å². The number of nitrogens with zero attached hydrogens (tertiary/aromatic N) is 6. The molecule has 0 spiro atoms. The van der Waals surface area contributed by atoms with Crippen LogP contribution in [-0.4, -0.2) is 71.8 Å². The highest BCUT2D eigenvalue weighted by molar-refractivity contribution is 5.94. The van der Waals surface area contributed by atoms with Gasteiger partial charge in [0.2, 0.25) is 5.91 Å². The first-order chi connectivity index (χ1) is 18.5. The third-order valence-electron chi connectivity index (χ3n) is 8.29. The van der Waals surface area contributed by atoms with Gasteiger partial charge in [0.15, 0.2) is 5.82 Å². The molecular formula is C27H31N7O4. The van der Waals surface area contributed by atoms with Crippen molar-refractivity contribution in [2.24, 2.45) is 21.2 Å². The van der Waals surface area contributed by atoms with Crippen molar-refractivity contribution in [1.29, 1.82) is 0 Å². The zero-order valence-electron chi connectivity index (χ0n) is 21.4. The molecule has 3 unspecified atom stereocenters. The van der Waals surface area contributed by atoms with Crippen LogP contribution in [0.15, 0.2) is 39.6 Å². The van der Waals surface area contributed by atoms with Crippen molar-refractivity contribution >= 4 is 24.0 Å². The maximum absolute atomic E-state index is 13.6. The average Bonchev–Trinajstić information content (AvgIpc) is 3.45. The van der Waals surface area contributed by atoms with Gasteiger partial charge in [0, 0.05) is 50.1 Å². The fourth-order valence-corrected chi connectivity index (χ4v) is 6.24. The molecular weight excluding hydrogens is 486 g/mol. The number of nitrogens with two attached hydrogens (primary N) is 1. The Kier molecular flexibility index (Phi) is 6.62. The summed E-state index contributed by atoms with van der Waals surface area (Å²) in [7, 11) is 0. The van der Waals surface area contributed by atoms with Crippen molar-refractivity contribution in [2.45, 2.75) is 50.9 Å². The van der Waals surface area contributed by atoms with E-state index in [0.29, 0.717) is 37.7 Å². The minimum Gasteiger partial charge on any atom is -0.457 e. The van der Waals surface area contributed by atoms with E-state index in [4.69, 9.17) is 15.3 Å². The number of amides is 1. The van der Waals surface area contributed by atoms with Gasteiger partial charge in [-0.15, -0.1) is 5.11 Å². The SMILES string of the molecule is Cc1c(C2CN3CCN(C(=O)C4CCc5nc(N=CN=NN)ccc54)CC3CCO2)ccc2c1COC2=O. The number of cyclic esters (lactones) is 1. The molecule has 1 amide bonds. The van der Waals surface area contributed by atoms with Crippen molar-refractivity contribution < 1.29 is 19.1 Å². The molecule has 3 atom stereocenters. The number of ether oxygens (including phenoxy) is 2. The van der Waals surface area contributed by atoms with Gasteiger partial charge in [0.1, 0.15) is 12.9 Å². The van der Waals surface area contributed by atoms with Gasteiger partial charge in [0.05, 0.1) is 17.6 Å². The maximum atomic E-state index is 13.6. The highest BCUT2D eigenvalue weighted by Gasteiger charge is 2.38. The van der Waals surface area contributed by atoms with E-state index in [1.165, 1.54) is 6.34 Å². The molecule has 3 aliphatic heterocycles. The lowest BCUT2D eigenvalue weighted by Gasteiger charge is -2.41. The van der Waals surface area contributed by atoms with Crippen molar-refractivity contribution in [2.75, 3.05) is 32.8 Å². The van der Waals surface area contributed by atoms with E-state index in [1.54, 1.807) is 6.07 Å². The molecule has 6 rings (SSSR count). The van der Waals surface area contributed by atoms with E-state index < -0.39 is 0 Å². The van der Waals surface area contributed by atoms with Crippen LogP contribution in [0.1, 0.15) is 63.2 Å². The molecule has 0 bridgehead atoms. The molecule has 1 aliphatic carbocycles. The highest BCUT2D eigenvalue weighted by Crippen LogP contribution is 2.37. The molecule has 0 radical (unpaired) electrons. The Morgan fingerprint density at radius 2 is 2.03 bits per heavy atom. The quantitative estimate of drug-likeness (QED) is 0.165. The summed E-state index contributed by atoms with van der Waals surface area (Å²) in [6, 6.07) is 7.89. The number of carbonyl (C=O) groups excluding carboxylic acids is 2. The van der Waals surface area contributed by atoms with Gasteiger partial charge in [-0.1, -0.05) is 17.4 Å². The summed E-state index contributed by atoms with van der Waals surface area (Å²) < 4.78 is 11.6. The van der Waals surface area contributed by atoms with Crippen LogP contribution in [0.5, 0.6) is 0 Å². The number of aliphatic imine (C=N–C) groups is 1. The molecule has 4 heterocycles. The van der Waals surface area contributed by atoms with Gasteiger partial charge in [-0.25, -0.2) is 14.8 Å². The number of pyridine rings is 1. The van der Waals surface area contributed by atoms with E-state index in [-0.39, 0.29) is 29.9 Å². The highest BCUT2D eigenvalue weighted by atomic mass is 16.5. The van der Waals surface area contributed by atoms with Crippen LogP contribution in [0, 0.1) is 6.92 Å². The number of piperazine rings is 1. The summed E-state index contributed by atoms with van der Waals surface area (Å²) in [6.07, 6.45) is 3.57. The number of esters is 1. The molecule has 2 N–H and O–H groups in total. The summed E-state index contributed by atoms with van der Waals surface area (Å²) in [6.45, 7) is 5.98. The second kappa shape index (κ2) is 10.2. The van der Waals surface area contributed by atoms with Gasteiger partial charge in [0.25, 0.3) is 0 Å². The number of hydrogen-bond acceptors (Lipinski definition) is 8. The number of carbonyl (C=O) groups is 2. The lowest BCUT2D eigenvalue weighted by Crippen LogP contribution is -2.55. The molecule has 2 fully saturated rings. The largest absolute Gasteiger partial charge is 0.457 e. The number of rotatable bonds is 4. The summed E-state index contributed by atoms with van der Waals surface area (Å²) in [5.74, 6) is 5.29. The Labute approximate surface area is 220 Å². The second-order valence-corrected chi connectivity index (χ2v) is 10.2. The lowest BCUT2D eigenvalue weighted by atomic mass is 9.94. The Morgan fingerprint density at radius 1 is 1.16 bits per heavy atom. The van der Waals surface area contributed by atoms with Crippen LogP contribution in [-0.2, 0) is 27.3 Å². The molecule has 11 heteroatoms. The number of fused-ring (bicyclic) bond motifs is 3. The monoisotopic (exact) mass is 517 g/mol. The minimum atomic E-state index is -0.248. The molecule has 38 heavy (non-hydrogen) atoms. The first-order valence-electron chi connectivity index (χ1n) is 13.1. The summed E-state index contributed by atoms with van der Waals surface area (Å²) in [5, 5.41) is 6.68. The smallest absolute Gasteiger partial charge is 0.338 e. The molecule has 198 valence electrons. The van der Waals surface area contributed by atoms with Gasteiger partial charge < -0.3 is 20.2 Å². The number of hydrogen-bond donors (Lipinski definition) is 1. The number of benzene rings is 1. The third-order valence-corrected chi connectivity index (χ3v) is 8.29. The second-order valence-electron chi connectivity index (χ2n) is 10.2. The Hall–Kier alpha value is -3.70. The third kappa shape index (κ3) is 4.45. The standard InChI is InChI=1S/C27H31N7O4/c1-16-18(2-3-21-22(16)14-38-27(21)36)24-13-33-9-10-34(12-17(33)8-11-37-24)26(35)20-4-6-23-19(20)5-7-25(31-23)29-15-30-32-28/h2-3,5,7,15,17,20,24H,4,6,8-14H2,1H3,(H2,28,29,30,31). The van der Waals surface area contributed by atoms with Crippen LogP contribution in [0.3, 0.4) is 0 Å². The van der Waals surface area contributed by atoms with Gasteiger partial charge in [-0.2, -0.15) is 0 Å². The van der Waals surface area contributed by atoms with Gasteiger partial charge >= 0.3 is 5.97 Å². The predicted molar refractivity (Wildman–Crippen MR) is 138 cm³/mol. The van der Waals surface area contributed by atoms with Crippen LogP contribution in [0.2, 0.25) is 0 Å². The zero-order chi connectivity index (χ0) is 26.2.